The molecule has 3 heteroatoms. The van der Waals surface area contributed by atoms with E-state index < -0.39 is 0 Å². The van der Waals surface area contributed by atoms with E-state index in [1.54, 1.807) is 0 Å². The fraction of sp³-hybridized carbons (Fsp3) is 1.00. The molecule has 4 unspecified atom stereocenters. The lowest BCUT2D eigenvalue weighted by Gasteiger charge is -2.44. The molecular formula is C15H29NO2. The molecule has 0 amide bonds. The lowest BCUT2D eigenvalue weighted by atomic mass is 9.78. The van der Waals surface area contributed by atoms with E-state index in [1.807, 2.05) is 6.92 Å². The molecule has 1 saturated heterocycles. The van der Waals surface area contributed by atoms with E-state index in [1.165, 1.54) is 38.5 Å². The summed E-state index contributed by atoms with van der Waals surface area (Å²) in [6, 6.07) is 0.509. The summed E-state index contributed by atoms with van der Waals surface area (Å²) in [5, 5.41) is 20.1. The molecule has 0 aromatic rings. The zero-order chi connectivity index (χ0) is 13.0. The van der Waals surface area contributed by atoms with Crippen LogP contribution in [0.4, 0.5) is 0 Å². The second kappa shape index (κ2) is 6.88. The standard InChI is InChI=1S/C15H29NO2/c1-2-12(17)11-16-10-6-5-8-14(16)13-7-3-4-9-15(13)18/h12-15,17-18H,2-11H2,1H3. The molecule has 1 aliphatic carbocycles. The third-order valence-electron chi connectivity index (χ3n) is 4.86. The number of hydrogen-bond donors (Lipinski definition) is 2. The molecular weight excluding hydrogens is 226 g/mol. The van der Waals surface area contributed by atoms with Gasteiger partial charge < -0.3 is 10.2 Å². The Morgan fingerprint density at radius 2 is 1.83 bits per heavy atom. The van der Waals surface area contributed by atoms with Crippen molar-refractivity contribution in [1.82, 2.24) is 4.90 Å². The van der Waals surface area contributed by atoms with E-state index in [0.29, 0.717) is 12.0 Å². The number of piperidine rings is 1. The van der Waals surface area contributed by atoms with Gasteiger partial charge in [-0.15, -0.1) is 0 Å². The van der Waals surface area contributed by atoms with Crippen LogP contribution < -0.4 is 0 Å². The summed E-state index contributed by atoms with van der Waals surface area (Å²) in [5.41, 5.74) is 0. The van der Waals surface area contributed by atoms with Crippen LogP contribution in [0.1, 0.15) is 58.3 Å². The van der Waals surface area contributed by atoms with Crippen LogP contribution in [-0.2, 0) is 0 Å². The van der Waals surface area contributed by atoms with Crippen molar-refractivity contribution in [1.29, 1.82) is 0 Å². The number of hydrogen-bond acceptors (Lipinski definition) is 3. The Morgan fingerprint density at radius 3 is 2.56 bits per heavy atom. The van der Waals surface area contributed by atoms with Gasteiger partial charge in [-0.3, -0.25) is 4.90 Å². The monoisotopic (exact) mass is 255 g/mol. The molecule has 2 aliphatic rings. The van der Waals surface area contributed by atoms with E-state index >= 15 is 0 Å². The van der Waals surface area contributed by atoms with E-state index in [-0.39, 0.29) is 12.2 Å². The molecule has 0 spiro atoms. The lowest BCUT2D eigenvalue weighted by Crippen LogP contribution is -2.50. The summed E-state index contributed by atoms with van der Waals surface area (Å²) in [6.45, 7) is 3.94. The van der Waals surface area contributed by atoms with Crippen LogP contribution in [-0.4, -0.2) is 46.5 Å². The highest BCUT2D eigenvalue weighted by Crippen LogP contribution is 2.34. The average molecular weight is 255 g/mol. The van der Waals surface area contributed by atoms with Gasteiger partial charge in [0.15, 0.2) is 0 Å². The smallest absolute Gasteiger partial charge is 0.0664 e. The first-order valence-electron chi connectivity index (χ1n) is 7.82. The number of aliphatic hydroxyl groups excluding tert-OH is 2. The van der Waals surface area contributed by atoms with Crippen molar-refractivity contribution in [2.45, 2.75) is 76.5 Å². The molecule has 2 rings (SSSR count). The first-order valence-corrected chi connectivity index (χ1v) is 7.82. The Labute approximate surface area is 111 Å². The molecule has 18 heavy (non-hydrogen) atoms. The first-order chi connectivity index (χ1) is 8.72. The number of nitrogens with zero attached hydrogens (tertiary/aromatic N) is 1. The van der Waals surface area contributed by atoms with Gasteiger partial charge in [0, 0.05) is 18.5 Å². The minimum absolute atomic E-state index is 0.108. The highest BCUT2D eigenvalue weighted by atomic mass is 16.3. The Kier molecular flexibility index (Phi) is 5.46. The molecule has 0 bridgehead atoms. The van der Waals surface area contributed by atoms with Crippen LogP contribution in [0.2, 0.25) is 0 Å². The van der Waals surface area contributed by atoms with Gasteiger partial charge in [-0.25, -0.2) is 0 Å². The van der Waals surface area contributed by atoms with Crippen LogP contribution in [0.15, 0.2) is 0 Å². The highest BCUT2D eigenvalue weighted by Gasteiger charge is 2.35. The summed E-state index contributed by atoms with van der Waals surface area (Å²) in [5.74, 6) is 0.447. The van der Waals surface area contributed by atoms with Gasteiger partial charge in [-0.05, 0) is 38.6 Å². The molecule has 0 aromatic carbocycles. The van der Waals surface area contributed by atoms with Crippen LogP contribution in [0.25, 0.3) is 0 Å². The van der Waals surface area contributed by atoms with E-state index in [4.69, 9.17) is 0 Å². The molecule has 4 atom stereocenters. The third kappa shape index (κ3) is 3.46. The summed E-state index contributed by atoms with van der Waals surface area (Å²) in [6.07, 6.45) is 8.85. The lowest BCUT2D eigenvalue weighted by molar-refractivity contribution is -0.0210. The summed E-state index contributed by atoms with van der Waals surface area (Å²) in [4.78, 5) is 2.46. The van der Waals surface area contributed by atoms with Crippen molar-refractivity contribution < 1.29 is 10.2 Å². The normalized spacial score (nSPS) is 36.5. The predicted octanol–water partition coefficient (Wildman–Crippen LogP) is 2.16. The van der Waals surface area contributed by atoms with Gasteiger partial charge in [0.2, 0.25) is 0 Å². The predicted molar refractivity (Wildman–Crippen MR) is 73.5 cm³/mol. The number of aliphatic hydroxyl groups is 2. The fourth-order valence-electron chi connectivity index (χ4n) is 3.72. The second-order valence-electron chi connectivity index (χ2n) is 6.14. The van der Waals surface area contributed by atoms with Gasteiger partial charge >= 0.3 is 0 Å². The van der Waals surface area contributed by atoms with Crippen molar-refractivity contribution >= 4 is 0 Å². The summed E-state index contributed by atoms with van der Waals surface area (Å²) < 4.78 is 0. The molecule has 3 nitrogen and oxygen atoms in total. The van der Waals surface area contributed by atoms with Crippen LogP contribution in [0, 0.1) is 5.92 Å². The molecule has 1 saturated carbocycles. The number of likely N-dealkylation sites (tertiary alicyclic amines) is 1. The van der Waals surface area contributed by atoms with E-state index in [2.05, 4.69) is 4.90 Å². The second-order valence-corrected chi connectivity index (χ2v) is 6.14. The van der Waals surface area contributed by atoms with Crippen LogP contribution in [0.3, 0.4) is 0 Å². The fourth-order valence-corrected chi connectivity index (χ4v) is 3.72. The molecule has 2 N–H and O–H groups in total. The Morgan fingerprint density at radius 1 is 1.11 bits per heavy atom. The quantitative estimate of drug-likeness (QED) is 0.809. The van der Waals surface area contributed by atoms with Gasteiger partial charge in [0.25, 0.3) is 0 Å². The first kappa shape index (κ1) is 14.3. The van der Waals surface area contributed by atoms with E-state index in [9.17, 15) is 10.2 Å². The average Bonchev–Trinajstić information content (AvgIpc) is 2.40. The third-order valence-corrected chi connectivity index (χ3v) is 4.86. The van der Waals surface area contributed by atoms with Crippen molar-refractivity contribution in [3.05, 3.63) is 0 Å². The molecule has 2 fully saturated rings. The Balaban J connectivity index is 1.97. The van der Waals surface area contributed by atoms with Gasteiger partial charge in [0.05, 0.1) is 12.2 Å². The largest absolute Gasteiger partial charge is 0.393 e. The van der Waals surface area contributed by atoms with Gasteiger partial charge in [-0.1, -0.05) is 26.2 Å². The van der Waals surface area contributed by atoms with E-state index in [0.717, 1.165) is 25.9 Å². The Bertz CT molecular complexity index is 247. The Hall–Kier alpha value is -0.120. The summed E-state index contributed by atoms with van der Waals surface area (Å²) >= 11 is 0. The highest BCUT2D eigenvalue weighted by molar-refractivity contribution is 4.89. The minimum atomic E-state index is -0.202. The molecule has 1 heterocycles. The zero-order valence-electron chi connectivity index (χ0n) is 11.7. The maximum Gasteiger partial charge on any atom is 0.0664 e. The topological polar surface area (TPSA) is 43.7 Å². The molecule has 1 aliphatic heterocycles. The summed E-state index contributed by atoms with van der Waals surface area (Å²) in [7, 11) is 0. The SMILES string of the molecule is CCC(O)CN1CCCCC1C1CCCCC1O. The number of rotatable bonds is 4. The number of β-amino-alcohol motifs (C(OH)–C–C–N with tert-alkyl or cyclic N) is 1. The zero-order valence-corrected chi connectivity index (χ0v) is 11.7. The van der Waals surface area contributed by atoms with Crippen molar-refractivity contribution in [3.63, 3.8) is 0 Å². The molecule has 0 aromatic heterocycles. The maximum absolute atomic E-state index is 10.2. The molecule has 106 valence electrons. The van der Waals surface area contributed by atoms with Crippen molar-refractivity contribution in [3.8, 4) is 0 Å². The van der Waals surface area contributed by atoms with Gasteiger partial charge in [0.1, 0.15) is 0 Å². The van der Waals surface area contributed by atoms with Crippen LogP contribution in [0.5, 0.6) is 0 Å². The van der Waals surface area contributed by atoms with Gasteiger partial charge in [-0.2, -0.15) is 0 Å². The maximum atomic E-state index is 10.2. The van der Waals surface area contributed by atoms with Crippen LogP contribution >= 0.6 is 0 Å². The van der Waals surface area contributed by atoms with Crippen molar-refractivity contribution in [2.75, 3.05) is 13.1 Å². The van der Waals surface area contributed by atoms with Crippen molar-refractivity contribution in [2.24, 2.45) is 5.92 Å². The minimum Gasteiger partial charge on any atom is -0.393 e. The molecule has 0 radical (unpaired) electrons.